The molecule has 1 aromatic carbocycles. The predicted octanol–water partition coefficient (Wildman–Crippen LogP) is 2.48. The van der Waals surface area contributed by atoms with Crippen LogP contribution in [0.5, 0.6) is 5.75 Å². The number of ether oxygens (including phenoxy) is 1. The van der Waals surface area contributed by atoms with Crippen LogP contribution in [-0.4, -0.2) is 24.7 Å². The second-order valence-electron chi connectivity index (χ2n) is 4.17. The van der Waals surface area contributed by atoms with Crippen molar-refractivity contribution in [2.24, 2.45) is 11.8 Å². The summed E-state index contributed by atoms with van der Waals surface area (Å²) in [4.78, 5) is 10.7. The smallest absolute Gasteiger partial charge is 0.306 e. The van der Waals surface area contributed by atoms with Crippen LogP contribution in [0.15, 0.2) is 18.2 Å². The summed E-state index contributed by atoms with van der Waals surface area (Å²) in [5.74, 6) is 0.000603. The highest BCUT2D eigenvalue weighted by Crippen LogP contribution is 2.39. The molecule has 2 N–H and O–H groups in total. The van der Waals surface area contributed by atoms with E-state index in [0.717, 1.165) is 12.1 Å². The van der Waals surface area contributed by atoms with E-state index in [1.807, 2.05) is 0 Å². The van der Waals surface area contributed by atoms with Crippen molar-refractivity contribution in [1.29, 1.82) is 0 Å². The van der Waals surface area contributed by atoms with Crippen molar-refractivity contribution in [3.05, 3.63) is 23.2 Å². The van der Waals surface area contributed by atoms with Gasteiger partial charge in [-0.2, -0.15) is 0 Å². The summed E-state index contributed by atoms with van der Waals surface area (Å²) in [5, 5.41) is 12.6. The molecule has 1 aromatic rings. The fraction of sp³-hybridized carbons (Fsp3) is 0.417. The van der Waals surface area contributed by atoms with Crippen LogP contribution in [-0.2, 0) is 4.79 Å². The van der Waals surface area contributed by atoms with Gasteiger partial charge in [-0.15, -0.1) is 0 Å². The second kappa shape index (κ2) is 4.84. The summed E-state index contributed by atoms with van der Waals surface area (Å²) < 4.78 is 5.19. The molecule has 5 heteroatoms. The Morgan fingerprint density at radius 2 is 2.41 bits per heavy atom. The molecule has 1 aliphatic rings. The lowest BCUT2D eigenvalue weighted by Gasteiger charge is -2.11. The van der Waals surface area contributed by atoms with E-state index in [1.165, 1.54) is 0 Å². The Kier molecular flexibility index (Phi) is 3.43. The van der Waals surface area contributed by atoms with Crippen molar-refractivity contribution in [1.82, 2.24) is 0 Å². The lowest BCUT2D eigenvalue weighted by Crippen LogP contribution is -2.09. The van der Waals surface area contributed by atoms with Crippen LogP contribution in [0.2, 0.25) is 5.02 Å². The number of rotatable bonds is 5. The molecule has 2 rings (SSSR count). The average molecular weight is 256 g/mol. The average Bonchev–Trinajstić information content (AvgIpc) is 3.06. The number of carbonyl (C=O) groups is 1. The van der Waals surface area contributed by atoms with E-state index in [2.05, 4.69) is 5.32 Å². The maximum absolute atomic E-state index is 10.7. The van der Waals surface area contributed by atoms with E-state index in [9.17, 15) is 4.79 Å². The van der Waals surface area contributed by atoms with Crippen molar-refractivity contribution in [3.8, 4) is 5.75 Å². The lowest BCUT2D eigenvalue weighted by atomic mass is 10.2. The molecule has 1 aliphatic carbocycles. The van der Waals surface area contributed by atoms with Gasteiger partial charge in [-0.25, -0.2) is 0 Å². The summed E-state index contributed by atoms with van der Waals surface area (Å²) in [6.45, 7) is 0.633. The minimum Gasteiger partial charge on any atom is -0.495 e. The summed E-state index contributed by atoms with van der Waals surface area (Å²) >= 11 is 5.89. The number of aliphatic carboxylic acids is 1. The van der Waals surface area contributed by atoms with Crippen molar-refractivity contribution in [3.63, 3.8) is 0 Å². The molecule has 2 atom stereocenters. The lowest BCUT2D eigenvalue weighted by molar-refractivity contribution is -0.138. The quantitative estimate of drug-likeness (QED) is 0.849. The summed E-state index contributed by atoms with van der Waals surface area (Å²) in [7, 11) is 1.59. The minimum absolute atomic E-state index is 0.201. The largest absolute Gasteiger partial charge is 0.495 e. The summed E-state index contributed by atoms with van der Waals surface area (Å²) in [5.41, 5.74) is 0.802. The Morgan fingerprint density at radius 1 is 1.65 bits per heavy atom. The Bertz CT molecular complexity index is 436. The molecule has 1 fully saturated rings. The van der Waals surface area contributed by atoms with Gasteiger partial charge in [0, 0.05) is 11.6 Å². The Morgan fingerprint density at radius 3 is 3.00 bits per heavy atom. The van der Waals surface area contributed by atoms with Gasteiger partial charge in [-0.05, 0) is 30.5 Å². The molecule has 17 heavy (non-hydrogen) atoms. The third-order valence-corrected chi connectivity index (χ3v) is 3.19. The first-order chi connectivity index (χ1) is 8.11. The van der Waals surface area contributed by atoms with E-state index in [1.54, 1.807) is 25.3 Å². The molecule has 1 saturated carbocycles. The van der Waals surface area contributed by atoms with E-state index < -0.39 is 5.97 Å². The van der Waals surface area contributed by atoms with Crippen LogP contribution in [0, 0.1) is 11.8 Å². The molecule has 0 amide bonds. The van der Waals surface area contributed by atoms with Crippen molar-refractivity contribution in [2.75, 3.05) is 19.0 Å². The predicted molar refractivity (Wildman–Crippen MR) is 65.7 cm³/mol. The second-order valence-corrected chi connectivity index (χ2v) is 4.60. The van der Waals surface area contributed by atoms with Gasteiger partial charge in [0.2, 0.25) is 0 Å². The van der Waals surface area contributed by atoms with Gasteiger partial charge in [-0.3, -0.25) is 4.79 Å². The molecule has 0 saturated heterocycles. The normalized spacial score (nSPS) is 22.0. The van der Waals surface area contributed by atoms with Crippen LogP contribution in [0.4, 0.5) is 5.69 Å². The molecule has 92 valence electrons. The van der Waals surface area contributed by atoms with Gasteiger partial charge in [0.05, 0.1) is 18.7 Å². The van der Waals surface area contributed by atoms with Crippen LogP contribution in [0.1, 0.15) is 6.42 Å². The van der Waals surface area contributed by atoms with Gasteiger partial charge in [0.15, 0.2) is 0 Å². The fourth-order valence-electron chi connectivity index (χ4n) is 1.84. The standard InChI is InChI=1S/C12H14ClNO3/c1-17-11-3-2-8(13)5-10(11)14-6-7-4-9(7)12(15)16/h2-3,5,7,9,14H,4,6H2,1H3,(H,15,16). The topological polar surface area (TPSA) is 58.6 Å². The summed E-state index contributed by atoms with van der Waals surface area (Å²) in [6, 6.07) is 5.31. The van der Waals surface area contributed by atoms with E-state index in [0.29, 0.717) is 17.3 Å². The van der Waals surface area contributed by atoms with Crippen LogP contribution < -0.4 is 10.1 Å². The molecule has 2 unspecified atom stereocenters. The maximum Gasteiger partial charge on any atom is 0.306 e. The Labute approximate surface area is 105 Å². The molecule has 0 aliphatic heterocycles. The first-order valence-electron chi connectivity index (χ1n) is 5.42. The van der Waals surface area contributed by atoms with Gasteiger partial charge in [-0.1, -0.05) is 11.6 Å². The van der Waals surface area contributed by atoms with Crippen LogP contribution in [0.25, 0.3) is 0 Å². The molecule has 4 nitrogen and oxygen atoms in total. The zero-order valence-corrected chi connectivity index (χ0v) is 10.2. The molecular weight excluding hydrogens is 242 g/mol. The Hall–Kier alpha value is -1.42. The number of hydrogen-bond donors (Lipinski definition) is 2. The number of anilines is 1. The third kappa shape index (κ3) is 2.82. The Balaban J connectivity index is 1.95. The van der Waals surface area contributed by atoms with E-state index in [-0.39, 0.29) is 11.8 Å². The molecule has 0 aromatic heterocycles. The number of benzene rings is 1. The van der Waals surface area contributed by atoms with Crippen LogP contribution in [0.3, 0.4) is 0 Å². The molecule has 0 heterocycles. The highest BCUT2D eigenvalue weighted by atomic mass is 35.5. The third-order valence-electron chi connectivity index (χ3n) is 2.96. The number of nitrogens with one attached hydrogen (secondary N) is 1. The first-order valence-corrected chi connectivity index (χ1v) is 5.80. The number of carboxylic acid groups (broad SMARTS) is 1. The van der Waals surface area contributed by atoms with E-state index >= 15 is 0 Å². The number of halogens is 1. The molecule has 0 radical (unpaired) electrons. The van der Waals surface area contributed by atoms with Gasteiger partial charge < -0.3 is 15.2 Å². The maximum atomic E-state index is 10.7. The van der Waals surface area contributed by atoms with Gasteiger partial charge in [0.25, 0.3) is 0 Å². The first kappa shape index (κ1) is 12.0. The zero-order chi connectivity index (χ0) is 12.4. The zero-order valence-electron chi connectivity index (χ0n) is 9.44. The number of hydrogen-bond acceptors (Lipinski definition) is 3. The highest BCUT2D eigenvalue weighted by Gasteiger charge is 2.42. The number of methoxy groups -OCH3 is 1. The van der Waals surface area contributed by atoms with Crippen molar-refractivity contribution < 1.29 is 14.6 Å². The molecule has 0 bridgehead atoms. The van der Waals surface area contributed by atoms with Crippen molar-refractivity contribution >= 4 is 23.3 Å². The molecule has 0 spiro atoms. The summed E-state index contributed by atoms with van der Waals surface area (Å²) in [6.07, 6.45) is 0.741. The monoisotopic (exact) mass is 255 g/mol. The SMILES string of the molecule is COc1ccc(Cl)cc1NCC1CC1C(=O)O. The van der Waals surface area contributed by atoms with Crippen molar-refractivity contribution in [2.45, 2.75) is 6.42 Å². The van der Waals surface area contributed by atoms with Gasteiger partial charge >= 0.3 is 5.97 Å². The number of carboxylic acids is 1. The minimum atomic E-state index is -0.713. The van der Waals surface area contributed by atoms with Gasteiger partial charge in [0.1, 0.15) is 5.75 Å². The van der Waals surface area contributed by atoms with E-state index in [4.69, 9.17) is 21.4 Å². The molecular formula is C12H14ClNO3. The highest BCUT2D eigenvalue weighted by molar-refractivity contribution is 6.30. The van der Waals surface area contributed by atoms with Crippen LogP contribution >= 0.6 is 11.6 Å². The fourth-order valence-corrected chi connectivity index (χ4v) is 2.01.